The molecular weight excluding hydrogens is 284 g/mol. The van der Waals surface area contributed by atoms with E-state index in [1.165, 1.54) is 0 Å². The Hall–Kier alpha value is -0.380. The molecule has 1 saturated heterocycles. The molecule has 0 aromatic carbocycles. The molecule has 1 aliphatic rings. The molecule has 0 radical (unpaired) electrons. The molecule has 18 heavy (non-hydrogen) atoms. The second kappa shape index (κ2) is 5.32. The van der Waals surface area contributed by atoms with E-state index in [1.54, 1.807) is 0 Å². The molecule has 2 N–H and O–H groups in total. The summed E-state index contributed by atoms with van der Waals surface area (Å²) in [5.74, 6) is -3.37. The summed E-state index contributed by atoms with van der Waals surface area (Å²) in [6.45, 7) is 4.36. The maximum absolute atomic E-state index is 12.4. The Kier molecular flexibility index (Phi) is 4.63. The fraction of sp³-hybridized carbons (Fsp3) is 0.889. The van der Waals surface area contributed by atoms with Crippen molar-refractivity contribution in [3.8, 4) is 0 Å². The molecule has 9 heteroatoms. The average Bonchev–Trinajstić information content (AvgIpc) is 2.28. The van der Waals surface area contributed by atoms with Gasteiger partial charge < -0.3 is 5.73 Å². The van der Waals surface area contributed by atoms with E-state index in [0.717, 1.165) is 4.31 Å². The zero-order valence-corrected chi connectivity index (χ0v) is 11.9. The molecule has 0 spiro atoms. The Balaban J connectivity index is 2.71. The van der Waals surface area contributed by atoms with Crippen molar-refractivity contribution >= 4 is 27.2 Å². The smallest absolute Gasteiger partial charge is 0.350 e. The van der Waals surface area contributed by atoms with Crippen molar-refractivity contribution in [2.75, 3.05) is 26.2 Å². The molecule has 1 aliphatic heterocycles. The lowest BCUT2D eigenvalue weighted by Crippen LogP contribution is -2.60. The summed E-state index contributed by atoms with van der Waals surface area (Å²) in [7, 11) is -4.48. The molecule has 1 fully saturated rings. The Labute approximate surface area is 111 Å². The van der Waals surface area contributed by atoms with Crippen LogP contribution < -0.4 is 5.73 Å². The average molecular weight is 301 g/mol. The van der Waals surface area contributed by atoms with Gasteiger partial charge in [-0.2, -0.15) is 13.1 Å². The molecule has 0 amide bonds. The lowest BCUT2D eigenvalue weighted by atomic mass is 10.0. The molecule has 0 bridgehead atoms. The number of piperazine rings is 1. The van der Waals surface area contributed by atoms with E-state index < -0.39 is 21.3 Å². The van der Waals surface area contributed by atoms with Gasteiger partial charge in [0.05, 0.1) is 10.5 Å². The van der Waals surface area contributed by atoms with Gasteiger partial charge in [0.15, 0.2) is 0 Å². The van der Waals surface area contributed by atoms with Crippen LogP contribution >= 0.6 is 12.2 Å². The lowest BCUT2D eigenvalue weighted by molar-refractivity contribution is 0.117. The van der Waals surface area contributed by atoms with Crippen LogP contribution in [0.1, 0.15) is 13.8 Å². The zero-order chi connectivity index (χ0) is 14.1. The van der Waals surface area contributed by atoms with Crippen LogP contribution in [0.3, 0.4) is 0 Å². The van der Waals surface area contributed by atoms with Crippen LogP contribution in [0, 0.1) is 0 Å². The van der Waals surface area contributed by atoms with Gasteiger partial charge in [0.25, 0.3) is 10.0 Å². The van der Waals surface area contributed by atoms with Crippen molar-refractivity contribution in [2.45, 2.75) is 25.1 Å². The van der Waals surface area contributed by atoms with E-state index in [0.29, 0.717) is 18.1 Å². The predicted octanol–water partition coefficient (Wildman–Crippen LogP) is 0.221. The number of halogens is 2. The number of alkyl halides is 2. The first-order valence-corrected chi connectivity index (χ1v) is 7.33. The third kappa shape index (κ3) is 2.95. The van der Waals surface area contributed by atoms with Crippen LogP contribution in [0.15, 0.2) is 0 Å². The van der Waals surface area contributed by atoms with E-state index in [2.05, 4.69) is 0 Å². The maximum atomic E-state index is 12.4. The summed E-state index contributed by atoms with van der Waals surface area (Å²) in [6.07, 6.45) is 0. The number of hydrogen-bond acceptors (Lipinski definition) is 4. The first-order valence-electron chi connectivity index (χ1n) is 5.42. The molecule has 0 unspecified atom stereocenters. The molecule has 5 nitrogen and oxygen atoms in total. The second-order valence-corrected chi connectivity index (χ2v) is 6.96. The Morgan fingerprint density at radius 3 is 2.06 bits per heavy atom. The van der Waals surface area contributed by atoms with Crippen LogP contribution in [0.2, 0.25) is 0 Å². The molecule has 0 aromatic heterocycles. The minimum atomic E-state index is -4.48. The van der Waals surface area contributed by atoms with E-state index >= 15 is 0 Å². The van der Waals surface area contributed by atoms with Gasteiger partial charge in [-0.25, -0.2) is 8.42 Å². The number of thiocarbonyl (C=S) groups is 1. The SMILES string of the molecule is CC(C)(C(N)=S)N1CCN(S(=O)(=O)C(F)F)CC1. The predicted molar refractivity (Wildman–Crippen MR) is 68.9 cm³/mol. The van der Waals surface area contributed by atoms with Gasteiger partial charge in [0, 0.05) is 26.2 Å². The van der Waals surface area contributed by atoms with Gasteiger partial charge in [0.2, 0.25) is 0 Å². The fourth-order valence-corrected chi connectivity index (χ4v) is 2.80. The van der Waals surface area contributed by atoms with Crippen LogP contribution in [0.25, 0.3) is 0 Å². The highest BCUT2D eigenvalue weighted by Gasteiger charge is 2.38. The van der Waals surface area contributed by atoms with Crippen molar-refractivity contribution in [1.29, 1.82) is 0 Å². The molecule has 0 aliphatic carbocycles. The molecule has 0 saturated carbocycles. The van der Waals surface area contributed by atoms with Crippen molar-refractivity contribution < 1.29 is 17.2 Å². The minimum Gasteiger partial charge on any atom is -0.392 e. The molecule has 106 valence electrons. The monoisotopic (exact) mass is 301 g/mol. The quantitative estimate of drug-likeness (QED) is 0.753. The van der Waals surface area contributed by atoms with E-state index in [4.69, 9.17) is 18.0 Å². The summed E-state index contributed by atoms with van der Waals surface area (Å²) in [5.41, 5.74) is 5.06. The summed E-state index contributed by atoms with van der Waals surface area (Å²) in [6, 6.07) is 0. The third-order valence-electron chi connectivity index (χ3n) is 3.22. The van der Waals surface area contributed by atoms with Gasteiger partial charge in [-0.05, 0) is 13.8 Å². The Morgan fingerprint density at radius 2 is 1.72 bits per heavy atom. The highest BCUT2D eigenvalue weighted by molar-refractivity contribution is 7.89. The Morgan fingerprint density at radius 1 is 1.28 bits per heavy atom. The molecule has 0 atom stereocenters. The summed E-state index contributed by atoms with van der Waals surface area (Å²) in [4.78, 5) is 2.19. The van der Waals surface area contributed by atoms with E-state index in [-0.39, 0.29) is 13.1 Å². The first kappa shape index (κ1) is 15.7. The minimum absolute atomic E-state index is 0.0265. The largest absolute Gasteiger partial charge is 0.392 e. The standard InChI is InChI=1S/C9H17F2N3O2S2/c1-9(2,7(12)17)13-3-5-14(6-4-13)18(15,16)8(10)11/h8H,3-6H2,1-2H3,(H2,12,17). The third-order valence-corrected chi connectivity index (χ3v) is 5.25. The van der Waals surface area contributed by atoms with Crippen molar-refractivity contribution in [3.63, 3.8) is 0 Å². The summed E-state index contributed by atoms with van der Waals surface area (Å²) in [5, 5.41) is 0. The molecule has 1 heterocycles. The van der Waals surface area contributed by atoms with Crippen LogP contribution in [0.4, 0.5) is 8.78 Å². The van der Waals surface area contributed by atoms with Gasteiger partial charge in [-0.15, -0.1) is 0 Å². The maximum Gasteiger partial charge on any atom is 0.350 e. The van der Waals surface area contributed by atoms with Gasteiger partial charge in [0.1, 0.15) is 0 Å². The number of rotatable bonds is 4. The van der Waals surface area contributed by atoms with E-state index in [9.17, 15) is 17.2 Å². The van der Waals surface area contributed by atoms with E-state index in [1.807, 2.05) is 18.7 Å². The number of nitrogens with two attached hydrogens (primary N) is 1. The molecule has 1 rings (SSSR count). The first-order chi connectivity index (χ1) is 8.10. The van der Waals surface area contributed by atoms with Crippen LogP contribution in [-0.4, -0.2) is 60.1 Å². The van der Waals surface area contributed by atoms with Crippen molar-refractivity contribution in [3.05, 3.63) is 0 Å². The lowest BCUT2D eigenvalue weighted by Gasteiger charge is -2.42. The summed E-state index contributed by atoms with van der Waals surface area (Å²) >= 11 is 4.94. The second-order valence-electron chi connectivity index (χ2n) is 4.61. The number of nitrogens with zero attached hydrogens (tertiary/aromatic N) is 2. The topological polar surface area (TPSA) is 66.6 Å². The number of sulfonamides is 1. The van der Waals surface area contributed by atoms with Crippen molar-refractivity contribution in [2.24, 2.45) is 5.73 Å². The van der Waals surface area contributed by atoms with Crippen LogP contribution in [-0.2, 0) is 10.0 Å². The molecule has 0 aromatic rings. The zero-order valence-electron chi connectivity index (χ0n) is 10.3. The van der Waals surface area contributed by atoms with Gasteiger partial charge in [-0.3, -0.25) is 4.90 Å². The van der Waals surface area contributed by atoms with Gasteiger partial charge >= 0.3 is 5.76 Å². The summed E-state index contributed by atoms with van der Waals surface area (Å²) < 4.78 is 48.1. The normalized spacial score (nSPS) is 20.3. The number of hydrogen-bond donors (Lipinski definition) is 1. The highest BCUT2D eigenvalue weighted by atomic mass is 32.2. The molecular formula is C9H17F2N3O2S2. The van der Waals surface area contributed by atoms with Gasteiger partial charge in [-0.1, -0.05) is 12.2 Å². The highest BCUT2D eigenvalue weighted by Crippen LogP contribution is 2.20. The van der Waals surface area contributed by atoms with Crippen LogP contribution in [0.5, 0.6) is 0 Å². The Bertz CT molecular complexity index is 418. The fourth-order valence-electron chi connectivity index (χ4n) is 1.77. The van der Waals surface area contributed by atoms with Crippen molar-refractivity contribution in [1.82, 2.24) is 9.21 Å².